The molecule has 1 unspecified atom stereocenters. The molecule has 0 heterocycles. The highest BCUT2D eigenvalue weighted by Crippen LogP contribution is 2.22. The summed E-state index contributed by atoms with van der Waals surface area (Å²) < 4.78 is 31.1. The molecule has 0 spiro atoms. The first-order chi connectivity index (χ1) is 14.7. The second kappa shape index (κ2) is 11.4. The number of carbonyl (C=O) groups excluding carboxylic acids is 1. The first kappa shape index (κ1) is 25.0. The fraction of sp³-hybridized carbons (Fsp3) is 0.435. The molecule has 2 aromatic carbocycles. The zero-order valence-corrected chi connectivity index (χ0v) is 19.8. The fourth-order valence-corrected chi connectivity index (χ4v) is 4.36. The van der Waals surface area contributed by atoms with Crippen LogP contribution in [0, 0.1) is 0 Å². The second-order valence-corrected chi connectivity index (χ2v) is 9.53. The molecule has 0 saturated heterocycles. The zero-order chi connectivity index (χ0) is 23.0. The van der Waals surface area contributed by atoms with Gasteiger partial charge in [-0.1, -0.05) is 38.1 Å². The van der Waals surface area contributed by atoms with E-state index in [0.29, 0.717) is 12.1 Å². The third kappa shape index (κ3) is 6.36. The molecule has 0 fully saturated rings. The summed E-state index contributed by atoms with van der Waals surface area (Å²) in [5.41, 5.74) is 1.52. The largest absolute Gasteiger partial charge is 0.497 e. The molecule has 0 saturated carbocycles. The van der Waals surface area contributed by atoms with E-state index in [1.807, 2.05) is 24.3 Å². The number of nitrogens with one attached hydrogen (secondary N) is 1. The number of ether oxygens (including phenoxy) is 1. The van der Waals surface area contributed by atoms with Gasteiger partial charge in [-0.15, -0.1) is 0 Å². The van der Waals surface area contributed by atoms with Crippen LogP contribution in [0.5, 0.6) is 5.75 Å². The third-order valence-corrected chi connectivity index (χ3v) is 7.12. The van der Waals surface area contributed by atoms with Gasteiger partial charge in [0.05, 0.1) is 18.6 Å². The van der Waals surface area contributed by atoms with Crippen molar-refractivity contribution in [2.24, 2.45) is 0 Å². The first-order valence-electron chi connectivity index (χ1n) is 10.4. The minimum Gasteiger partial charge on any atom is -0.497 e. The first-order valence-corrected chi connectivity index (χ1v) is 11.8. The molecule has 7 nitrogen and oxygen atoms in total. The van der Waals surface area contributed by atoms with Crippen LogP contribution < -0.4 is 10.1 Å². The Morgan fingerprint density at radius 2 is 1.71 bits per heavy atom. The van der Waals surface area contributed by atoms with Crippen molar-refractivity contribution in [1.29, 1.82) is 0 Å². The standard InChI is InChI=1S/C23H33N3O4S/c1-6-26(7-2)22(18-11-13-20(30-5)14-12-18)16-24-17-23(27)19-9-8-10-21(15-19)31(28,29)25(3)4/h8-15,22,24H,6-7,16-17H2,1-5H3. The molecule has 1 N–H and O–H groups in total. The van der Waals surface area contributed by atoms with E-state index in [2.05, 4.69) is 24.1 Å². The molecule has 1 atom stereocenters. The lowest BCUT2D eigenvalue weighted by atomic mass is 10.0. The number of methoxy groups -OCH3 is 1. The van der Waals surface area contributed by atoms with Crippen molar-refractivity contribution in [3.05, 3.63) is 59.7 Å². The number of nitrogens with zero attached hydrogens (tertiary/aromatic N) is 2. The molecule has 31 heavy (non-hydrogen) atoms. The Morgan fingerprint density at radius 3 is 2.26 bits per heavy atom. The summed E-state index contributed by atoms with van der Waals surface area (Å²) in [6.45, 7) is 6.71. The van der Waals surface area contributed by atoms with Gasteiger partial charge in [-0.3, -0.25) is 9.69 Å². The van der Waals surface area contributed by atoms with Gasteiger partial charge in [0.25, 0.3) is 0 Å². The van der Waals surface area contributed by atoms with Crippen LogP contribution in [0.2, 0.25) is 0 Å². The SMILES string of the molecule is CCN(CC)C(CNCC(=O)c1cccc(S(=O)(=O)N(C)C)c1)c1ccc(OC)cc1. The number of sulfonamides is 1. The van der Waals surface area contributed by atoms with Gasteiger partial charge in [-0.25, -0.2) is 12.7 Å². The van der Waals surface area contributed by atoms with E-state index < -0.39 is 10.0 Å². The maximum absolute atomic E-state index is 12.7. The van der Waals surface area contributed by atoms with Crippen LogP contribution in [-0.4, -0.2) is 70.8 Å². The predicted octanol–water partition coefficient (Wildman–Crippen LogP) is 2.80. The van der Waals surface area contributed by atoms with Crippen molar-refractivity contribution in [3.63, 3.8) is 0 Å². The van der Waals surface area contributed by atoms with Crippen molar-refractivity contribution >= 4 is 15.8 Å². The van der Waals surface area contributed by atoms with Gasteiger partial charge in [0, 0.05) is 32.2 Å². The van der Waals surface area contributed by atoms with E-state index in [1.54, 1.807) is 19.2 Å². The summed E-state index contributed by atoms with van der Waals surface area (Å²) in [6.07, 6.45) is 0. The molecular formula is C23H33N3O4S. The fourth-order valence-electron chi connectivity index (χ4n) is 3.41. The normalized spacial score (nSPS) is 12.9. The van der Waals surface area contributed by atoms with Gasteiger partial charge in [-0.05, 0) is 42.9 Å². The molecule has 0 radical (unpaired) electrons. The van der Waals surface area contributed by atoms with E-state index in [-0.39, 0.29) is 23.3 Å². The molecule has 170 valence electrons. The molecule has 0 amide bonds. The van der Waals surface area contributed by atoms with Crippen molar-refractivity contribution in [3.8, 4) is 5.75 Å². The lowest BCUT2D eigenvalue weighted by Crippen LogP contribution is -2.37. The summed E-state index contributed by atoms with van der Waals surface area (Å²) in [7, 11) is 0.999. The highest BCUT2D eigenvalue weighted by Gasteiger charge is 2.20. The summed E-state index contributed by atoms with van der Waals surface area (Å²) in [5, 5.41) is 3.26. The topological polar surface area (TPSA) is 79.0 Å². The Kier molecular flexibility index (Phi) is 9.18. The molecule has 0 aromatic heterocycles. The minimum atomic E-state index is -3.58. The van der Waals surface area contributed by atoms with Gasteiger partial charge in [0.2, 0.25) is 10.0 Å². The number of rotatable bonds is 12. The molecular weight excluding hydrogens is 414 g/mol. The zero-order valence-electron chi connectivity index (χ0n) is 19.0. The van der Waals surface area contributed by atoms with Gasteiger partial charge >= 0.3 is 0 Å². The molecule has 0 bridgehead atoms. The maximum Gasteiger partial charge on any atom is 0.242 e. The van der Waals surface area contributed by atoms with Crippen molar-refractivity contribution in [1.82, 2.24) is 14.5 Å². The van der Waals surface area contributed by atoms with Gasteiger partial charge in [0.15, 0.2) is 5.78 Å². The summed E-state index contributed by atoms with van der Waals surface area (Å²) in [5.74, 6) is 0.654. The lowest BCUT2D eigenvalue weighted by Gasteiger charge is -2.30. The number of benzene rings is 2. The van der Waals surface area contributed by atoms with E-state index in [4.69, 9.17) is 4.74 Å². The van der Waals surface area contributed by atoms with Crippen molar-refractivity contribution in [2.75, 3.05) is 47.4 Å². The van der Waals surface area contributed by atoms with Gasteiger partial charge < -0.3 is 10.1 Å². The molecule has 0 aliphatic carbocycles. The Bertz CT molecular complexity index is 955. The van der Waals surface area contributed by atoms with E-state index in [9.17, 15) is 13.2 Å². The van der Waals surface area contributed by atoms with Crippen LogP contribution in [0.25, 0.3) is 0 Å². The molecule has 2 aromatic rings. The Hall–Kier alpha value is -2.26. The molecule has 8 heteroatoms. The van der Waals surface area contributed by atoms with Crippen LogP contribution >= 0.6 is 0 Å². The number of hydrogen-bond donors (Lipinski definition) is 1. The van der Waals surface area contributed by atoms with Crippen molar-refractivity contribution in [2.45, 2.75) is 24.8 Å². The lowest BCUT2D eigenvalue weighted by molar-refractivity contribution is 0.0986. The second-order valence-electron chi connectivity index (χ2n) is 7.38. The number of hydrogen-bond acceptors (Lipinski definition) is 6. The van der Waals surface area contributed by atoms with Crippen LogP contribution in [-0.2, 0) is 10.0 Å². The number of likely N-dealkylation sites (N-methyl/N-ethyl adjacent to an activating group) is 1. The average Bonchev–Trinajstić information content (AvgIpc) is 2.78. The third-order valence-electron chi connectivity index (χ3n) is 5.31. The number of Topliss-reactive ketones (excluding diaryl/α,β-unsaturated/α-hetero) is 1. The summed E-state index contributed by atoms with van der Waals surface area (Å²) in [6, 6.07) is 14.2. The van der Waals surface area contributed by atoms with Crippen LogP contribution in [0.15, 0.2) is 53.4 Å². The minimum absolute atomic E-state index is 0.106. The molecule has 2 rings (SSSR count). The highest BCUT2D eigenvalue weighted by molar-refractivity contribution is 7.89. The van der Waals surface area contributed by atoms with Gasteiger partial charge in [-0.2, -0.15) is 0 Å². The highest BCUT2D eigenvalue weighted by atomic mass is 32.2. The summed E-state index contributed by atoms with van der Waals surface area (Å²) in [4.78, 5) is 15.1. The molecule has 0 aliphatic rings. The Balaban J connectivity index is 2.10. The van der Waals surface area contributed by atoms with Crippen LogP contribution in [0.4, 0.5) is 0 Å². The van der Waals surface area contributed by atoms with Crippen LogP contribution in [0.1, 0.15) is 35.8 Å². The van der Waals surface area contributed by atoms with Gasteiger partial charge in [0.1, 0.15) is 5.75 Å². The summed E-state index contributed by atoms with van der Waals surface area (Å²) >= 11 is 0. The maximum atomic E-state index is 12.7. The average molecular weight is 448 g/mol. The van der Waals surface area contributed by atoms with E-state index in [0.717, 1.165) is 28.7 Å². The van der Waals surface area contributed by atoms with Crippen LogP contribution in [0.3, 0.4) is 0 Å². The smallest absolute Gasteiger partial charge is 0.242 e. The van der Waals surface area contributed by atoms with E-state index >= 15 is 0 Å². The number of ketones is 1. The Morgan fingerprint density at radius 1 is 1.06 bits per heavy atom. The van der Waals surface area contributed by atoms with E-state index in [1.165, 1.54) is 26.2 Å². The Labute approximate surface area is 186 Å². The number of carbonyl (C=O) groups is 1. The molecule has 0 aliphatic heterocycles. The van der Waals surface area contributed by atoms with Crippen molar-refractivity contribution < 1.29 is 17.9 Å². The monoisotopic (exact) mass is 447 g/mol. The quantitative estimate of drug-likeness (QED) is 0.504. The predicted molar refractivity (Wildman–Crippen MR) is 123 cm³/mol.